The molecule has 160 valence electrons. The van der Waals surface area contributed by atoms with Gasteiger partial charge in [-0.3, -0.25) is 9.59 Å². The zero-order valence-corrected chi connectivity index (χ0v) is 17.4. The van der Waals surface area contributed by atoms with Crippen molar-refractivity contribution in [1.29, 1.82) is 0 Å². The molecule has 1 atom stereocenters. The van der Waals surface area contributed by atoms with Crippen molar-refractivity contribution in [3.63, 3.8) is 0 Å². The van der Waals surface area contributed by atoms with Crippen LogP contribution in [0.5, 0.6) is 5.75 Å². The van der Waals surface area contributed by atoms with Crippen molar-refractivity contribution >= 4 is 22.7 Å². The first-order valence-electron chi connectivity index (χ1n) is 10.1. The van der Waals surface area contributed by atoms with E-state index in [0.29, 0.717) is 24.1 Å². The number of nitrogens with zero attached hydrogens (tertiary/aromatic N) is 2. The number of fused-ring (bicyclic) bond motifs is 1. The minimum atomic E-state index is -0.817. The number of hydrogen-bond acceptors (Lipinski definition) is 6. The standard InChI is InChI=1S/C24H24N2O5/c1-25(2)11-6-12-26-21(16-8-5-9-17(27)13-16)20(23(29)24(26)30)22(28)19-14-15-7-3-4-10-18(15)31-19/h3-5,7-10,13-14,21,27,29H,6,11-12H2,1-2H3. The van der Waals surface area contributed by atoms with E-state index in [4.69, 9.17) is 4.42 Å². The summed E-state index contributed by atoms with van der Waals surface area (Å²) in [6, 6.07) is 14.4. The first-order valence-corrected chi connectivity index (χ1v) is 10.1. The zero-order chi connectivity index (χ0) is 22.1. The highest BCUT2D eigenvalue weighted by atomic mass is 16.3. The van der Waals surface area contributed by atoms with E-state index in [9.17, 15) is 19.8 Å². The highest BCUT2D eigenvalue weighted by Crippen LogP contribution is 2.40. The van der Waals surface area contributed by atoms with Gasteiger partial charge >= 0.3 is 0 Å². The van der Waals surface area contributed by atoms with Crippen LogP contribution in [0.3, 0.4) is 0 Å². The van der Waals surface area contributed by atoms with Gasteiger partial charge in [-0.05, 0) is 56.9 Å². The number of phenols is 1. The van der Waals surface area contributed by atoms with Gasteiger partial charge in [0.25, 0.3) is 5.91 Å². The smallest absolute Gasteiger partial charge is 0.290 e. The van der Waals surface area contributed by atoms with Crippen LogP contribution >= 0.6 is 0 Å². The van der Waals surface area contributed by atoms with E-state index in [-0.39, 0.29) is 17.1 Å². The maximum absolute atomic E-state index is 13.4. The van der Waals surface area contributed by atoms with Crippen LogP contribution in [0.4, 0.5) is 0 Å². The number of para-hydroxylation sites is 1. The van der Waals surface area contributed by atoms with Gasteiger partial charge in [0.2, 0.25) is 5.78 Å². The monoisotopic (exact) mass is 420 g/mol. The van der Waals surface area contributed by atoms with Gasteiger partial charge < -0.3 is 24.4 Å². The normalized spacial score (nSPS) is 16.7. The second kappa shape index (κ2) is 8.28. The molecule has 0 bridgehead atoms. The van der Waals surface area contributed by atoms with Crippen molar-refractivity contribution in [2.45, 2.75) is 12.5 Å². The Morgan fingerprint density at radius 1 is 1.10 bits per heavy atom. The number of carbonyl (C=O) groups is 2. The van der Waals surface area contributed by atoms with Crippen LogP contribution in [0.25, 0.3) is 11.0 Å². The van der Waals surface area contributed by atoms with E-state index in [1.165, 1.54) is 17.0 Å². The molecule has 7 nitrogen and oxygen atoms in total. The van der Waals surface area contributed by atoms with Crippen LogP contribution < -0.4 is 0 Å². The van der Waals surface area contributed by atoms with Crippen LogP contribution in [0.1, 0.15) is 28.6 Å². The Kier molecular flexibility index (Phi) is 5.52. The average molecular weight is 420 g/mol. The molecule has 0 aliphatic carbocycles. The Hall–Kier alpha value is -3.58. The van der Waals surface area contributed by atoms with E-state index in [1.54, 1.807) is 30.3 Å². The number of hydrogen-bond donors (Lipinski definition) is 2. The van der Waals surface area contributed by atoms with Crippen LogP contribution in [0.2, 0.25) is 0 Å². The van der Waals surface area contributed by atoms with Gasteiger partial charge in [0.1, 0.15) is 11.3 Å². The van der Waals surface area contributed by atoms with Crippen molar-refractivity contribution < 1.29 is 24.2 Å². The number of ketones is 1. The topological polar surface area (TPSA) is 94.2 Å². The number of phenolic OH excluding ortho intramolecular Hbond substituents is 1. The summed E-state index contributed by atoms with van der Waals surface area (Å²) in [5.41, 5.74) is 1.05. The fourth-order valence-corrected chi connectivity index (χ4v) is 3.94. The van der Waals surface area contributed by atoms with Crippen molar-refractivity contribution in [2.24, 2.45) is 0 Å². The van der Waals surface area contributed by atoms with E-state index < -0.39 is 23.5 Å². The number of Topliss-reactive ketones (excluding diaryl/α,β-unsaturated/α-hetero) is 1. The number of amides is 1. The van der Waals surface area contributed by atoms with Crippen LogP contribution in [0.15, 0.2) is 70.3 Å². The Morgan fingerprint density at radius 3 is 2.58 bits per heavy atom. The number of carbonyl (C=O) groups excluding carboxylic acids is 2. The molecule has 0 spiro atoms. The number of aliphatic hydroxyl groups is 1. The number of rotatable bonds is 7. The molecule has 2 N–H and O–H groups in total. The largest absolute Gasteiger partial charge is 0.508 e. The fraction of sp³-hybridized carbons (Fsp3) is 0.250. The molecule has 2 aromatic carbocycles. The lowest BCUT2D eigenvalue weighted by Gasteiger charge is -2.27. The second-order valence-corrected chi connectivity index (χ2v) is 7.89. The highest BCUT2D eigenvalue weighted by molar-refractivity contribution is 6.16. The van der Waals surface area contributed by atoms with Gasteiger partial charge in [-0.25, -0.2) is 0 Å². The summed E-state index contributed by atoms with van der Waals surface area (Å²) in [7, 11) is 3.87. The molecule has 1 unspecified atom stereocenters. The summed E-state index contributed by atoms with van der Waals surface area (Å²) in [6.07, 6.45) is 0.660. The summed E-state index contributed by atoms with van der Waals surface area (Å²) in [5, 5.41) is 21.4. The lowest BCUT2D eigenvalue weighted by atomic mass is 9.94. The predicted molar refractivity (Wildman–Crippen MR) is 116 cm³/mol. The van der Waals surface area contributed by atoms with E-state index in [1.807, 2.05) is 31.1 Å². The minimum Gasteiger partial charge on any atom is -0.508 e. The minimum absolute atomic E-state index is 0.0140. The van der Waals surface area contributed by atoms with Gasteiger partial charge in [0.05, 0.1) is 11.6 Å². The van der Waals surface area contributed by atoms with Crippen LogP contribution in [-0.2, 0) is 4.79 Å². The Balaban J connectivity index is 1.75. The summed E-state index contributed by atoms with van der Waals surface area (Å²) < 4.78 is 5.70. The van der Waals surface area contributed by atoms with Crippen molar-refractivity contribution in [2.75, 3.05) is 27.2 Å². The maximum atomic E-state index is 13.4. The number of furan rings is 1. The quantitative estimate of drug-likeness (QED) is 0.567. The molecule has 1 aromatic heterocycles. The Bertz CT molecular complexity index is 1140. The summed E-state index contributed by atoms with van der Waals surface area (Å²) in [4.78, 5) is 29.8. The Labute approximate surface area is 179 Å². The van der Waals surface area contributed by atoms with Crippen LogP contribution in [-0.4, -0.2) is 58.9 Å². The first kappa shape index (κ1) is 20.7. The number of aromatic hydroxyl groups is 1. The number of aliphatic hydroxyl groups excluding tert-OH is 1. The average Bonchev–Trinajstić information content (AvgIpc) is 3.28. The molecular formula is C24H24N2O5. The summed E-state index contributed by atoms with van der Waals surface area (Å²) in [5.74, 6) is -1.67. The lowest BCUT2D eigenvalue weighted by Crippen LogP contribution is -2.33. The molecule has 0 saturated carbocycles. The number of benzene rings is 2. The SMILES string of the molecule is CN(C)CCCN1C(=O)C(O)=C(C(=O)c2cc3ccccc3o2)C1c1cccc(O)c1. The third kappa shape index (κ3) is 3.92. The molecule has 0 radical (unpaired) electrons. The van der Waals surface area contributed by atoms with E-state index in [2.05, 4.69) is 0 Å². The zero-order valence-electron chi connectivity index (χ0n) is 17.4. The third-order valence-electron chi connectivity index (χ3n) is 5.39. The van der Waals surface area contributed by atoms with Gasteiger partial charge in [-0.2, -0.15) is 0 Å². The molecule has 1 amide bonds. The van der Waals surface area contributed by atoms with Crippen molar-refractivity contribution in [3.05, 3.63) is 77.3 Å². The molecule has 31 heavy (non-hydrogen) atoms. The molecule has 7 heteroatoms. The van der Waals surface area contributed by atoms with Gasteiger partial charge in [0.15, 0.2) is 11.5 Å². The summed E-state index contributed by atoms with van der Waals surface area (Å²) >= 11 is 0. The van der Waals surface area contributed by atoms with Crippen LogP contribution in [0, 0.1) is 0 Å². The van der Waals surface area contributed by atoms with Gasteiger partial charge in [-0.15, -0.1) is 0 Å². The predicted octanol–water partition coefficient (Wildman–Crippen LogP) is 3.67. The Morgan fingerprint density at radius 2 is 1.87 bits per heavy atom. The molecule has 1 aliphatic heterocycles. The third-order valence-corrected chi connectivity index (χ3v) is 5.39. The molecule has 0 fully saturated rings. The molecule has 1 aliphatic rings. The van der Waals surface area contributed by atoms with Gasteiger partial charge in [0, 0.05) is 11.9 Å². The van der Waals surface area contributed by atoms with E-state index in [0.717, 1.165) is 11.9 Å². The first-order chi connectivity index (χ1) is 14.9. The highest BCUT2D eigenvalue weighted by Gasteiger charge is 2.44. The van der Waals surface area contributed by atoms with Crippen molar-refractivity contribution in [1.82, 2.24) is 9.80 Å². The molecule has 0 saturated heterocycles. The fourth-order valence-electron chi connectivity index (χ4n) is 3.94. The maximum Gasteiger partial charge on any atom is 0.290 e. The van der Waals surface area contributed by atoms with Crippen molar-refractivity contribution in [3.8, 4) is 5.75 Å². The molecule has 2 heterocycles. The van der Waals surface area contributed by atoms with E-state index >= 15 is 0 Å². The molecule has 3 aromatic rings. The molecule has 4 rings (SSSR count). The molecular weight excluding hydrogens is 396 g/mol. The lowest BCUT2D eigenvalue weighted by molar-refractivity contribution is -0.129. The second-order valence-electron chi connectivity index (χ2n) is 7.89. The summed E-state index contributed by atoms with van der Waals surface area (Å²) in [6.45, 7) is 1.09. The van der Waals surface area contributed by atoms with Gasteiger partial charge in [-0.1, -0.05) is 30.3 Å².